The highest BCUT2D eigenvalue weighted by Crippen LogP contribution is 2.22. The van der Waals surface area contributed by atoms with Crippen molar-refractivity contribution in [3.05, 3.63) is 0 Å². The number of hydrogen-bond donors (Lipinski definition) is 1. The van der Waals surface area contributed by atoms with Gasteiger partial charge in [-0.25, -0.2) is 8.42 Å². The summed E-state index contributed by atoms with van der Waals surface area (Å²) in [7, 11) is -2.87. The first-order chi connectivity index (χ1) is 7.02. The minimum Gasteiger partial charge on any atom is -0.309 e. The van der Waals surface area contributed by atoms with Crippen molar-refractivity contribution in [1.82, 2.24) is 10.2 Å². The molecule has 1 saturated heterocycles. The number of piperazine rings is 1. The van der Waals surface area contributed by atoms with Gasteiger partial charge in [0.25, 0.3) is 0 Å². The summed E-state index contributed by atoms with van der Waals surface area (Å²) in [6, 6.07) is 0. The van der Waals surface area contributed by atoms with Crippen LogP contribution < -0.4 is 5.32 Å². The number of hydrogen-bond acceptors (Lipinski definition) is 4. The molecule has 0 spiro atoms. The second-order valence-electron chi connectivity index (χ2n) is 6.10. The molecule has 5 heteroatoms. The third-order valence-corrected chi connectivity index (χ3v) is 4.10. The molecule has 96 valence electrons. The summed E-state index contributed by atoms with van der Waals surface area (Å²) >= 11 is 0. The average molecular weight is 248 g/mol. The van der Waals surface area contributed by atoms with Gasteiger partial charge in [-0.15, -0.1) is 0 Å². The van der Waals surface area contributed by atoms with E-state index >= 15 is 0 Å². The molecule has 0 saturated carbocycles. The third kappa shape index (κ3) is 4.03. The normalized spacial score (nSPS) is 25.6. The van der Waals surface area contributed by atoms with Gasteiger partial charge in [0.1, 0.15) is 9.84 Å². The van der Waals surface area contributed by atoms with Crippen LogP contribution in [0.25, 0.3) is 0 Å². The number of rotatable bonds is 3. The average Bonchev–Trinajstić information content (AvgIpc) is 2.06. The molecular weight excluding hydrogens is 224 g/mol. The first kappa shape index (κ1) is 13.9. The largest absolute Gasteiger partial charge is 0.309 e. The van der Waals surface area contributed by atoms with Crippen molar-refractivity contribution < 1.29 is 8.42 Å². The Hall–Kier alpha value is -0.130. The van der Waals surface area contributed by atoms with E-state index in [4.69, 9.17) is 0 Å². The molecule has 0 aromatic rings. The maximum Gasteiger partial charge on any atom is 0.148 e. The summed E-state index contributed by atoms with van der Waals surface area (Å²) in [5.41, 5.74) is 0.0905. The van der Waals surface area contributed by atoms with Crippen LogP contribution in [0.1, 0.15) is 27.7 Å². The van der Waals surface area contributed by atoms with Crippen molar-refractivity contribution in [2.45, 2.75) is 38.8 Å². The van der Waals surface area contributed by atoms with Crippen LogP contribution in [0, 0.1) is 0 Å². The molecule has 0 radical (unpaired) electrons. The molecule has 1 rings (SSSR count). The fourth-order valence-corrected chi connectivity index (χ4v) is 2.52. The van der Waals surface area contributed by atoms with Crippen LogP contribution in [0.5, 0.6) is 0 Å². The zero-order chi connectivity index (χ0) is 12.6. The number of sulfone groups is 1. The van der Waals surface area contributed by atoms with E-state index in [9.17, 15) is 8.42 Å². The smallest absolute Gasteiger partial charge is 0.148 e. The van der Waals surface area contributed by atoms with E-state index in [1.807, 2.05) is 0 Å². The molecular formula is C11H24N2O2S. The van der Waals surface area contributed by atoms with E-state index in [1.165, 1.54) is 6.26 Å². The molecule has 1 fully saturated rings. The van der Waals surface area contributed by atoms with E-state index in [-0.39, 0.29) is 16.8 Å². The molecule has 0 aliphatic carbocycles. The molecule has 0 unspecified atom stereocenters. The predicted octanol–water partition coefficient (Wildman–Crippen LogP) is 0.493. The Kier molecular flexibility index (Phi) is 3.72. The standard InChI is InChI=1S/C11H24N2O2S/c1-10(2)9-13(6-7-16(5,14)15)11(3,4)8-12-10/h12H,6-9H2,1-5H3. The second kappa shape index (κ2) is 4.27. The summed E-state index contributed by atoms with van der Waals surface area (Å²) in [6.45, 7) is 11.0. The Bertz CT molecular complexity index is 347. The zero-order valence-corrected chi connectivity index (χ0v) is 11.8. The van der Waals surface area contributed by atoms with Crippen LogP contribution >= 0.6 is 0 Å². The van der Waals surface area contributed by atoms with Crippen LogP contribution in [-0.4, -0.2) is 56.0 Å². The van der Waals surface area contributed by atoms with Crippen molar-refractivity contribution >= 4 is 9.84 Å². The maximum atomic E-state index is 11.2. The summed E-state index contributed by atoms with van der Waals surface area (Å²) in [4.78, 5) is 2.27. The molecule has 0 amide bonds. The molecule has 0 aromatic carbocycles. The van der Waals surface area contributed by atoms with Gasteiger partial charge in [0, 0.05) is 37.0 Å². The summed E-state index contributed by atoms with van der Waals surface area (Å²) < 4.78 is 22.4. The quantitative estimate of drug-likeness (QED) is 0.790. The van der Waals surface area contributed by atoms with E-state index in [0.717, 1.165) is 13.1 Å². The third-order valence-electron chi connectivity index (χ3n) is 3.17. The highest BCUT2D eigenvalue weighted by molar-refractivity contribution is 7.90. The molecule has 1 aliphatic heterocycles. The molecule has 0 atom stereocenters. The fraction of sp³-hybridized carbons (Fsp3) is 1.00. The molecule has 1 N–H and O–H groups in total. The first-order valence-corrected chi connectivity index (χ1v) is 7.76. The fourth-order valence-electron chi connectivity index (χ4n) is 1.97. The van der Waals surface area contributed by atoms with E-state index < -0.39 is 9.84 Å². The molecule has 0 aromatic heterocycles. The maximum absolute atomic E-state index is 11.2. The van der Waals surface area contributed by atoms with Crippen molar-refractivity contribution in [1.29, 1.82) is 0 Å². The molecule has 16 heavy (non-hydrogen) atoms. The lowest BCUT2D eigenvalue weighted by atomic mass is 9.92. The lowest BCUT2D eigenvalue weighted by molar-refractivity contribution is 0.0450. The van der Waals surface area contributed by atoms with Gasteiger partial charge in [-0.2, -0.15) is 0 Å². The summed E-state index contributed by atoms with van der Waals surface area (Å²) in [5.74, 6) is 0.243. The van der Waals surface area contributed by atoms with Gasteiger partial charge in [-0.1, -0.05) is 0 Å². The van der Waals surface area contributed by atoms with Gasteiger partial charge < -0.3 is 5.32 Å². The Labute approximate surface area is 99.3 Å². The van der Waals surface area contributed by atoms with E-state index in [0.29, 0.717) is 6.54 Å². The Morgan fingerprint density at radius 3 is 2.31 bits per heavy atom. The summed E-state index contributed by atoms with van der Waals surface area (Å²) in [6.07, 6.45) is 1.30. The highest BCUT2D eigenvalue weighted by Gasteiger charge is 2.37. The van der Waals surface area contributed by atoms with E-state index in [2.05, 4.69) is 37.9 Å². The van der Waals surface area contributed by atoms with Gasteiger partial charge >= 0.3 is 0 Å². The van der Waals surface area contributed by atoms with Crippen LogP contribution in [0.2, 0.25) is 0 Å². The van der Waals surface area contributed by atoms with Crippen LogP contribution in [0.4, 0.5) is 0 Å². The van der Waals surface area contributed by atoms with Crippen LogP contribution in [-0.2, 0) is 9.84 Å². The predicted molar refractivity (Wildman–Crippen MR) is 67.4 cm³/mol. The molecule has 1 aliphatic rings. The topological polar surface area (TPSA) is 49.4 Å². The second-order valence-corrected chi connectivity index (χ2v) is 8.36. The Morgan fingerprint density at radius 2 is 1.81 bits per heavy atom. The van der Waals surface area contributed by atoms with Crippen LogP contribution in [0.3, 0.4) is 0 Å². The van der Waals surface area contributed by atoms with Crippen molar-refractivity contribution in [2.75, 3.05) is 31.6 Å². The first-order valence-electron chi connectivity index (χ1n) is 5.70. The van der Waals surface area contributed by atoms with Crippen molar-refractivity contribution in [2.24, 2.45) is 0 Å². The van der Waals surface area contributed by atoms with Gasteiger partial charge in [-0.05, 0) is 27.7 Å². The molecule has 1 heterocycles. The number of nitrogens with one attached hydrogen (secondary N) is 1. The Balaban J connectivity index is 2.67. The van der Waals surface area contributed by atoms with Gasteiger partial charge in [0.05, 0.1) is 5.75 Å². The van der Waals surface area contributed by atoms with E-state index in [1.54, 1.807) is 0 Å². The van der Waals surface area contributed by atoms with Crippen LogP contribution in [0.15, 0.2) is 0 Å². The monoisotopic (exact) mass is 248 g/mol. The lowest BCUT2D eigenvalue weighted by Gasteiger charge is -2.49. The van der Waals surface area contributed by atoms with Gasteiger partial charge in [0.15, 0.2) is 0 Å². The van der Waals surface area contributed by atoms with Crippen molar-refractivity contribution in [3.63, 3.8) is 0 Å². The lowest BCUT2D eigenvalue weighted by Crippen LogP contribution is -2.66. The molecule has 0 bridgehead atoms. The molecule has 4 nitrogen and oxygen atoms in total. The SMILES string of the molecule is CC1(C)CN(CCS(C)(=O)=O)C(C)(C)CN1. The van der Waals surface area contributed by atoms with Gasteiger partial charge in [-0.3, -0.25) is 4.90 Å². The minimum absolute atomic E-state index is 0.0280. The Morgan fingerprint density at radius 1 is 1.25 bits per heavy atom. The van der Waals surface area contributed by atoms with Crippen molar-refractivity contribution in [3.8, 4) is 0 Å². The minimum atomic E-state index is -2.87. The zero-order valence-electron chi connectivity index (χ0n) is 11.0. The number of nitrogens with zero attached hydrogens (tertiary/aromatic N) is 1. The van der Waals surface area contributed by atoms with Gasteiger partial charge in [0.2, 0.25) is 0 Å². The summed E-state index contributed by atoms with van der Waals surface area (Å²) in [5, 5.41) is 3.48. The highest BCUT2D eigenvalue weighted by atomic mass is 32.2.